The minimum Gasteiger partial charge on any atom is -0.329 e. The van der Waals surface area contributed by atoms with E-state index in [4.69, 9.17) is 0 Å². The summed E-state index contributed by atoms with van der Waals surface area (Å²) in [6.07, 6.45) is -3.40. The molecule has 124 valence electrons. The van der Waals surface area contributed by atoms with Crippen LogP contribution in [0.15, 0.2) is 51.9 Å². The third-order valence-electron chi connectivity index (χ3n) is 3.64. The number of benzene rings is 1. The van der Waals surface area contributed by atoms with Gasteiger partial charge in [-0.05, 0) is 11.6 Å². The van der Waals surface area contributed by atoms with Gasteiger partial charge in [-0.25, -0.2) is 0 Å². The molecule has 2 heterocycles. The van der Waals surface area contributed by atoms with Gasteiger partial charge in [0.15, 0.2) is 0 Å². The molecular formula is C16H12F3N3O2. The summed E-state index contributed by atoms with van der Waals surface area (Å²) in [4.78, 5) is 18.2. The fraction of sp³-hybridized carbons (Fsp3) is 0.188. The Labute approximate surface area is 134 Å². The number of pyridine rings is 1. The van der Waals surface area contributed by atoms with E-state index >= 15 is 0 Å². The molecule has 0 amide bonds. The van der Waals surface area contributed by atoms with Gasteiger partial charge in [0.1, 0.15) is 0 Å². The van der Waals surface area contributed by atoms with Gasteiger partial charge in [0, 0.05) is 23.2 Å². The van der Waals surface area contributed by atoms with E-state index < -0.39 is 17.6 Å². The summed E-state index contributed by atoms with van der Waals surface area (Å²) in [6, 6.07) is 10.6. The maximum absolute atomic E-state index is 12.7. The van der Waals surface area contributed by atoms with Gasteiger partial charge in [0.2, 0.25) is 5.82 Å². The van der Waals surface area contributed by atoms with Crippen LogP contribution in [0.2, 0.25) is 0 Å². The Balaban J connectivity index is 2.12. The number of hydrogen-bond acceptors (Lipinski definition) is 4. The van der Waals surface area contributed by atoms with Crippen molar-refractivity contribution in [2.45, 2.75) is 19.0 Å². The highest BCUT2D eigenvalue weighted by atomic mass is 19.4. The number of alkyl halides is 3. The van der Waals surface area contributed by atoms with E-state index in [-0.39, 0.29) is 22.9 Å². The predicted octanol–water partition coefficient (Wildman–Crippen LogP) is 3.60. The van der Waals surface area contributed by atoms with Crippen LogP contribution in [-0.2, 0) is 6.18 Å². The number of rotatable bonds is 3. The van der Waals surface area contributed by atoms with Crippen LogP contribution in [0.5, 0.6) is 0 Å². The highest BCUT2D eigenvalue weighted by Gasteiger charge is 2.38. The van der Waals surface area contributed by atoms with Crippen molar-refractivity contribution in [1.29, 1.82) is 0 Å². The summed E-state index contributed by atoms with van der Waals surface area (Å²) in [5.41, 5.74) is 0.907. The second kappa shape index (κ2) is 5.95. The molecule has 5 nitrogen and oxygen atoms in total. The van der Waals surface area contributed by atoms with Gasteiger partial charge in [0.05, 0.1) is 0 Å². The summed E-state index contributed by atoms with van der Waals surface area (Å²) in [7, 11) is 0. The van der Waals surface area contributed by atoms with E-state index in [9.17, 15) is 18.0 Å². The average Bonchev–Trinajstić information content (AvgIpc) is 3.05. The molecule has 0 aliphatic rings. The lowest BCUT2D eigenvalue weighted by molar-refractivity contribution is -0.159. The van der Waals surface area contributed by atoms with Crippen molar-refractivity contribution in [3.8, 4) is 11.4 Å². The zero-order valence-corrected chi connectivity index (χ0v) is 12.5. The highest BCUT2D eigenvalue weighted by Crippen LogP contribution is 2.32. The van der Waals surface area contributed by atoms with Crippen LogP contribution >= 0.6 is 0 Å². The molecule has 0 spiro atoms. The Bertz CT molecular complexity index is 901. The molecule has 0 bridgehead atoms. The van der Waals surface area contributed by atoms with Gasteiger partial charge in [-0.2, -0.15) is 18.2 Å². The van der Waals surface area contributed by atoms with Gasteiger partial charge in [-0.15, -0.1) is 0 Å². The van der Waals surface area contributed by atoms with E-state index in [1.807, 2.05) is 30.3 Å². The van der Waals surface area contributed by atoms with E-state index in [0.717, 1.165) is 5.56 Å². The minimum atomic E-state index is -4.74. The molecule has 0 radical (unpaired) electrons. The molecular weight excluding hydrogens is 323 g/mol. The molecule has 8 heteroatoms. The van der Waals surface area contributed by atoms with Gasteiger partial charge < -0.3 is 9.51 Å². The molecule has 1 aromatic carbocycles. The smallest absolute Gasteiger partial charge is 0.329 e. The first-order valence-corrected chi connectivity index (χ1v) is 7.05. The summed E-state index contributed by atoms with van der Waals surface area (Å²) in [6.45, 7) is 1.79. The minimum absolute atomic E-state index is 0.203. The van der Waals surface area contributed by atoms with Crippen LogP contribution < -0.4 is 5.56 Å². The summed E-state index contributed by atoms with van der Waals surface area (Å²) in [5, 5.41) is 3.37. The summed E-state index contributed by atoms with van der Waals surface area (Å²) in [5.74, 6) is -2.08. The number of nitrogens with one attached hydrogen (secondary N) is 1. The van der Waals surface area contributed by atoms with Crippen molar-refractivity contribution >= 4 is 0 Å². The molecule has 0 aliphatic heterocycles. The maximum atomic E-state index is 12.7. The Morgan fingerprint density at radius 3 is 2.50 bits per heavy atom. The molecule has 1 atom stereocenters. The fourth-order valence-electron chi connectivity index (χ4n) is 2.47. The van der Waals surface area contributed by atoms with Crippen molar-refractivity contribution in [3.05, 3.63) is 70.0 Å². The van der Waals surface area contributed by atoms with E-state index in [2.05, 4.69) is 19.6 Å². The molecule has 0 saturated carbocycles. The standard InChI is InChI=1S/C16H12F3N3O2/c1-9(10-5-3-2-4-6-10)12-11(7-8-20-14(12)23)13-21-15(24-22-13)16(17,18)19/h2-9H,1H3,(H,20,23). The number of H-pyrrole nitrogens is 1. The van der Waals surface area contributed by atoms with Crippen LogP contribution in [0.4, 0.5) is 13.2 Å². The zero-order chi connectivity index (χ0) is 17.3. The van der Waals surface area contributed by atoms with Crippen LogP contribution in [0.1, 0.15) is 29.9 Å². The van der Waals surface area contributed by atoms with Crippen LogP contribution in [0.25, 0.3) is 11.4 Å². The third-order valence-corrected chi connectivity index (χ3v) is 3.64. The number of nitrogens with zero attached hydrogens (tertiary/aromatic N) is 2. The lowest BCUT2D eigenvalue weighted by Crippen LogP contribution is -2.17. The van der Waals surface area contributed by atoms with Crippen molar-refractivity contribution in [3.63, 3.8) is 0 Å². The maximum Gasteiger partial charge on any atom is 0.471 e. The molecule has 3 aromatic rings. The zero-order valence-electron chi connectivity index (χ0n) is 12.5. The molecule has 0 saturated heterocycles. The monoisotopic (exact) mass is 335 g/mol. The quantitative estimate of drug-likeness (QED) is 0.794. The van der Waals surface area contributed by atoms with Crippen LogP contribution in [0, 0.1) is 0 Å². The van der Waals surface area contributed by atoms with Gasteiger partial charge >= 0.3 is 12.1 Å². The van der Waals surface area contributed by atoms with E-state index in [0.29, 0.717) is 0 Å². The first-order valence-electron chi connectivity index (χ1n) is 7.05. The van der Waals surface area contributed by atoms with E-state index in [1.165, 1.54) is 12.3 Å². The third kappa shape index (κ3) is 2.94. The Morgan fingerprint density at radius 2 is 1.88 bits per heavy atom. The Hall–Kier alpha value is -2.90. The highest BCUT2D eigenvalue weighted by molar-refractivity contribution is 5.61. The molecule has 0 aliphatic carbocycles. The second-order valence-corrected chi connectivity index (χ2v) is 5.19. The van der Waals surface area contributed by atoms with Crippen molar-refractivity contribution in [1.82, 2.24) is 15.1 Å². The lowest BCUT2D eigenvalue weighted by Gasteiger charge is -2.14. The summed E-state index contributed by atoms with van der Waals surface area (Å²) < 4.78 is 42.2. The SMILES string of the molecule is CC(c1ccccc1)c1c(-c2noc(C(F)(F)F)n2)cc[nH]c1=O. The van der Waals surface area contributed by atoms with Gasteiger partial charge in [-0.3, -0.25) is 4.79 Å². The Kier molecular flexibility index (Phi) is 3.96. The second-order valence-electron chi connectivity index (χ2n) is 5.19. The number of hydrogen-bond donors (Lipinski definition) is 1. The number of aromatic amines is 1. The molecule has 0 fully saturated rings. The van der Waals surface area contributed by atoms with Crippen molar-refractivity contribution in [2.75, 3.05) is 0 Å². The molecule has 1 unspecified atom stereocenters. The first-order chi connectivity index (χ1) is 11.4. The van der Waals surface area contributed by atoms with Crippen molar-refractivity contribution in [2.24, 2.45) is 0 Å². The number of aromatic nitrogens is 3. The predicted molar refractivity (Wildman–Crippen MR) is 79.3 cm³/mol. The largest absolute Gasteiger partial charge is 0.471 e. The summed E-state index contributed by atoms with van der Waals surface area (Å²) >= 11 is 0. The van der Waals surface area contributed by atoms with Crippen LogP contribution in [-0.4, -0.2) is 15.1 Å². The first kappa shape index (κ1) is 16.0. The lowest BCUT2D eigenvalue weighted by atomic mass is 9.90. The topological polar surface area (TPSA) is 71.8 Å². The normalized spacial score (nSPS) is 13.0. The Morgan fingerprint density at radius 1 is 1.17 bits per heavy atom. The average molecular weight is 335 g/mol. The van der Waals surface area contributed by atoms with Crippen LogP contribution in [0.3, 0.4) is 0 Å². The van der Waals surface area contributed by atoms with Crippen molar-refractivity contribution < 1.29 is 17.7 Å². The molecule has 24 heavy (non-hydrogen) atoms. The molecule has 2 aromatic heterocycles. The fourth-order valence-corrected chi connectivity index (χ4v) is 2.47. The van der Waals surface area contributed by atoms with Gasteiger partial charge in [-0.1, -0.05) is 42.4 Å². The molecule has 3 rings (SSSR count). The van der Waals surface area contributed by atoms with Gasteiger partial charge in [0.25, 0.3) is 5.56 Å². The van der Waals surface area contributed by atoms with E-state index in [1.54, 1.807) is 6.92 Å². The molecule has 1 N–H and O–H groups in total. The number of halogens is 3.